The molecule has 688 valence electrons. The second kappa shape index (κ2) is 75.5. The summed E-state index contributed by atoms with van der Waals surface area (Å²) in [6, 6.07) is 0.494. The van der Waals surface area contributed by atoms with Crippen LogP contribution in [0.2, 0.25) is 0 Å². The lowest BCUT2D eigenvalue weighted by Gasteiger charge is -2.17. The maximum absolute atomic E-state index is 11.8. The molecule has 0 unspecified atom stereocenters. The summed E-state index contributed by atoms with van der Waals surface area (Å²) < 4.78 is 0.262. The molecule has 0 aromatic heterocycles. The quantitative estimate of drug-likeness (QED) is 0.0283. The molecule has 0 rings (SSSR count). The predicted molar refractivity (Wildman–Crippen MR) is 541 cm³/mol. The van der Waals surface area contributed by atoms with Crippen LogP contribution in [0.15, 0.2) is 0 Å². The molecule has 0 heterocycles. The van der Waals surface area contributed by atoms with Crippen molar-refractivity contribution in [3.63, 3.8) is 0 Å². The topological polar surface area (TPSA) is 214 Å². The average Bonchev–Trinajstić information content (AvgIpc) is 0.932. The molecule has 0 aliphatic heterocycles. The lowest BCUT2D eigenvalue weighted by molar-refractivity contribution is -0.127. The fraction of sp³-hybridized carbons (Fsp3) is 0.900. The standard InChI is InChI=1S/C21H41NO2S2.C20H40N2O2S4.C19H37NO2S2.C18H34O2S2.C12H25NOS2/c1-20(2,3)14-10-8-7-9-11-15-22-19(24)13-17-26-25-16-12-18(23)21(4,5)6;1-19(2,3)10-8-14-26-28-16-12-22-18(24)21-11-15-27-25-13-7-9-17(23)20(4,5)6;1-18(2,3)12-9-14-23-24-15-13-20-17(22)11-8-7-10-16(21)19(4,5)6;1-17(2,3)16(20)12-10-8-7-9-11-15(19)13-14-21-22-18(4,5)6;1-10(2)12(14)6-5-8-15-16-9-7-13-11(3)4/h7-17H2,1-6H3,(H,22,24);7-16H2,1-6H3,(H2,21,22,24);7-15H2,1-6H3,(H,20,22);7-14H2,1-6H3;10-11,13H,5-9H2,1-4H3. The molecule has 0 aromatic rings. The largest absolute Gasteiger partial charge is 0.356 e. The Morgan fingerprint density at radius 1 is 0.259 bits per heavy atom. The molecule has 14 nitrogen and oxygen atoms in total. The summed E-state index contributed by atoms with van der Waals surface area (Å²) in [5.41, 5.74) is 0.370. The fourth-order valence-electron chi connectivity index (χ4n) is 9.41. The molecule has 0 bridgehead atoms. The Hall–Kier alpha value is 0.390. The number of Topliss-reactive ketones (excluding diaryl/α,β-unsaturated/α-hetero) is 6. The van der Waals surface area contributed by atoms with E-state index in [-0.39, 0.29) is 56.0 Å². The van der Waals surface area contributed by atoms with Gasteiger partial charge in [-0.3, -0.25) is 38.4 Å². The van der Waals surface area contributed by atoms with E-state index < -0.39 is 0 Å². The van der Waals surface area contributed by atoms with E-state index in [0.29, 0.717) is 116 Å². The third-order valence-electron chi connectivity index (χ3n) is 16.9. The molecule has 0 spiro atoms. The smallest absolute Gasteiger partial charge is 0.314 e. The summed E-state index contributed by atoms with van der Waals surface area (Å²) in [6.45, 7) is 62.9. The van der Waals surface area contributed by atoms with Gasteiger partial charge < -0.3 is 26.6 Å². The number of nitrogens with one attached hydrogen (secondary N) is 5. The molecule has 0 aliphatic rings. The van der Waals surface area contributed by atoms with E-state index in [9.17, 15) is 43.2 Å². The molecule has 26 heteroatoms. The maximum Gasteiger partial charge on any atom is 0.314 e. The first-order chi connectivity index (χ1) is 53.6. The van der Waals surface area contributed by atoms with Crippen molar-refractivity contribution in [2.24, 2.45) is 43.8 Å². The van der Waals surface area contributed by atoms with Crippen LogP contribution in [0.25, 0.3) is 0 Å². The zero-order valence-electron chi connectivity index (χ0n) is 79.1. The van der Waals surface area contributed by atoms with Crippen molar-refractivity contribution in [2.45, 2.75) is 378 Å². The molecular formula is C90H177N5O9S12. The minimum Gasteiger partial charge on any atom is -0.356 e. The number of ketones is 6. The van der Waals surface area contributed by atoms with Crippen LogP contribution in [0, 0.1) is 43.8 Å². The molecule has 0 saturated heterocycles. The predicted octanol–water partition coefficient (Wildman–Crippen LogP) is 27.5. The number of unbranched alkanes of at least 4 members (excludes halogenated alkanes) is 8. The van der Waals surface area contributed by atoms with Crippen LogP contribution in [0.4, 0.5) is 4.79 Å². The summed E-state index contributed by atoms with van der Waals surface area (Å²) in [4.78, 5) is 105. The van der Waals surface area contributed by atoms with Gasteiger partial charge in [0.05, 0.1) is 0 Å². The van der Waals surface area contributed by atoms with E-state index in [1.165, 1.54) is 69.3 Å². The van der Waals surface area contributed by atoms with Crippen LogP contribution in [0.3, 0.4) is 0 Å². The normalized spacial score (nSPS) is 12.1. The van der Waals surface area contributed by atoms with Crippen molar-refractivity contribution in [2.75, 3.05) is 96.0 Å². The number of carbonyl (C=O) groups is 9. The molecule has 5 N–H and O–H groups in total. The van der Waals surface area contributed by atoms with Gasteiger partial charge in [-0.2, -0.15) is 0 Å². The monoisotopic (exact) mass is 1860 g/mol. The lowest BCUT2D eigenvalue weighted by Crippen LogP contribution is -2.37. The van der Waals surface area contributed by atoms with Crippen molar-refractivity contribution in [1.82, 2.24) is 26.6 Å². The number of urea groups is 1. The van der Waals surface area contributed by atoms with Gasteiger partial charge in [0.2, 0.25) is 11.8 Å². The third kappa shape index (κ3) is 103. The number of amides is 4. The second-order valence-electron chi connectivity index (χ2n) is 39.1. The van der Waals surface area contributed by atoms with Gasteiger partial charge in [-0.05, 0) is 93.3 Å². The van der Waals surface area contributed by atoms with Crippen LogP contribution < -0.4 is 26.6 Å². The van der Waals surface area contributed by atoms with Crippen molar-refractivity contribution in [3.05, 3.63) is 0 Å². The number of carbonyl (C=O) groups excluding carboxylic acids is 9. The Balaban J connectivity index is -0.000000447. The van der Waals surface area contributed by atoms with Crippen molar-refractivity contribution in [1.29, 1.82) is 0 Å². The molecular weight excluding hydrogens is 1680 g/mol. The Kier molecular flexibility index (Phi) is 81.3. The molecule has 0 radical (unpaired) electrons. The van der Waals surface area contributed by atoms with Crippen LogP contribution in [0.1, 0.15) is 367 Å². The summed E-state index contributed by atoms with van der Waals surface area (Å²) >= 11 is 0. The van der Waals surface area contributed by atoms with Gasteiger partial charge in [-0.25, -0.2) is 4.79 Å². The van der Waals surface area contributed by atoms with Gasteiger partial charge in [-0.1, -0.05) is 362 Å². The van der Waals surface area contributed by atoms with E-state index in [1.54, 1.807) is 54.0 Å². The Bertz CT molecular complexity index is 2500. The second-order valence-corrected chi connectivity index (χ2v) is 55.8. The Morgan fingerprint density at radius 3 is 1.00 bits per heavy atom. The zero-order valence-corrected chi connectivity index (χ0v) is 88.9. The van der Waals surface area contributed by atoms with Crippen molar-refractivity contribution in [3.8, 4) is 0 Å². The lowest BCUT2D eigenvalue weighted by atomic mass is 9.88. The fourth-order valence-corrected chi connectivity index (χ4v) is 21.7. The summed E-state index contributed by atoms with van der Waals surface area (Å²) in [5.74, 6) is 13.4. The maximum atomic E-state index is 11.8. The van der Waals surface area contributed by atoms with Gasteiger partial charge in [0, 0.05) is 192 Å². The van der Waals surface area contributed by atoms with Gasteiger partial charge in [-0.15, -0.1) is 0 Å². The highest BCUT2D eigenvalue weighted by molar-refractivity contribution is 8.78. The van der Waals surface area contributed by atoms with Crippen molar-refractivity contribution < 1.29 is 43.2 Å². The van der Waals surface area contributed by atoms with Crippen LogP contribution in [-0.2, 0) is 38.4 Å². The van der Waals surface area contributed by atoms with E-state index >= 15 is 0 Å². The number of hydrogen-bond donors (Lipinski definition) is 5. The van der Waals surface area contributed by atoms with Gasteiger partial charge in [0.1, 0.15) is 34.7 Å². The van der Waals surface area contributed by atoms with Crippen LogP contribution in [-0.4, -0.2) is 159 Å². The molecule has 0 aliphatic carbocycles. The molecule has 4 amide bonds. The molecule has 0 saturated carbocycles. The highest BCUT2D eigenvalue weighted by Gasteiger charge is 2.24. The van der Waals surface area contributed by atoms with Gasteiger partial charge >= 0.3 is 6.03 Å². The van der Waals surface area contributed by atoms with E-state index in [0.717, 1.165) is 136 Å². The first kappa shape index (κ1) is 125. The average molecular weight is 1860 g/mol. The highest BCUT2D eigenvalue weighted by Crippen LogP contribution is 2.36. The molecule has 116 heavy (non-hydrogen) atoms. The van der Waals surface area contributed by atoms with Crippen LogP contribution >= 0.6 is 130 Å². The minimum absolute atomic E-state index is 0.0836. The third-order valence-corrected chi connectivity index (χ3v) is 32.6. The van der Waals surface area contributed by atoms with Gasteiger partial charge in [0.25, 0.3) is 0 Å². The summed E-state index contributed by atoms with van der Waals surface area (Å²) in [5, 5.41) is 15.1. The highest BCUT2D eigenvalue weighted by atomic mass is 33.1. The van der Waals surface area contributed by atoms with E-state index in [1.807, 2.05) is 172 Å². The summed E-state index contributed by atoms with van der Waals surface area (Å²) in [6.07, 6.45) is 25.8. The molecule has 0 aromatic carbocycles. The first-order valence-corrected chi connectivity index (χ1v) is 58.4. The van der Waals surface area contributed by atoms with Crippen LogP contribution in [0.5, 0.6) is 0 Å². The van der Waals surface area contributed by atoms with Gasteiger partial charge in [0.15, 0.2) is 0 Å². The Morgan fingerprint density at radius 2 is 0.569 bits per heavy atom. The SMILES string of the molecule is CC(C)(C)CCCCCCCNC(=O)CCSSCCC(=O)C(C)(C)C.CC(C)(C)CCCSSCCNC(=O)CCCCC(=O)C(C)(C)C.CC(C)(C)CCCSSCCNC(=O)NCCSSCCCC(=O)C(C)(C)C.CC(C)(C)SSCCC(=O)CCCCCCC(=O)C(C)(C)C.CC(C)NCCSSCCCC(=O)C(C)C. The molecule has 0 atom stereocenters. The molecule has 0 fully saturated rings. The summed E-state index contributed by atoms with van der Waals surface area (Å²) in [7, 11) is 21.8. The Labute approximate surface area is 762 Å². The minimum atomic E-state index is -0.260. The zero-order chi connectivity index (χ0) is 89.8. The number of rotatable bonds is 62. The van der Waals surface area contributed by atoms with E-state index in [4.69, 9.17) is 0 Å². The number of hydrogen-bond acceptors (Lipinski definition) is 22. The van der Waals surface area contributed by atoms with Crippen molar-refractivity contribution >= 4 is 182 Å². The first-order valence-electron chi connectivity index (χ1n) is 43.6. The van der Waals surface area contributed by atoms with E-state index in [2.05, 4.69) is 124 Å².